The monoisotopic (exact) mass is 76.1 g/mol. The number of hydrogen-bond acceptors (Lipinski definition) is 0. The molecule has 0 aromatic heterocycles. The topological polar surface area (TPSA) is 0 Å². The Morgan fingerprint density at radius 1 is 1.80 bits per heavy atom. The van der Waals surface area contributed by atoms with E-state index in [1.807, 2.05) is 6.92 Å². The van der Waals surface area contributed by atoms with E-state index in [0.717, 1.165) is 0 Å². The van der Waals surface area contributed by atoms with Crippen LogP contribution < -0.4 is 0 Å². The molecule has 0 aliphatic heterocycles. The van der Waals surface area contributed by atoms with E-state index < -0.39 is 6.17 Å². The highest BCUT2D eigenvalue weighted by Gasteiger charge is 1.85. The van der Waals surface area contributed by atoms with Crippen molar-refractivity contribution in [3.63, 3.8) is 0 Å². The van der Waals surface area contributed by atoms with Gasteiger partial charge in [0.25, 0.3) is 0 Å². The molecule has 0 nitrogen and oxygen atoms in total. The number of rotatable bonds is 1. The minimum atomic E-state index is -0.616. The summed E-state index contributed by atoms with van der Waals surface area (Å²) in [5.74, 6) is 0. The van der Waals surface area contributed by atoms with Crippen LogP contribution in [0.3, 0.4) is 0 Å². The van der Waals surface area contributed by atoms with Crippen molar-refractivity contribution in [3.05, 3.63) is 0 Å². The van der Waals surface area contributed by atoms with Crippen molar-refractivity contribution in [1.82, 2.24) is 0 Å². The summed E-state index contributed by atoms with van der Waals surface area (Å²) in [6.07, 6.45) is 0.0231. The summed E-state index contributed by atoms with van der Waals surface area (Å²) in [6.45, 7) is 3.38. The van der Waals surface area contributed by atoms with Crippen LogP contribution in [-0.2, 0) is 0 Å². The van der Waals surface area contributed by atoms with Gasteiger partial charge in [0.2, 0.25) is 0 Å². The molecule has 0 amide bonds. The smallest absolute Gasteiger partial charge is 0.0971 e. The van der Waals surface area contributed by atoms with Gasteiger partial charge in [0.05, 0.1) is 6.17 Å². The summed E-state index contributed by atoms with van der Waals surface area (Å²) in [4.78, 5) is 0. The molecule has 0 aromatic carbocycles. The summed E-state index contributed by atoms with van der Waals surface area (Å²) >= 11 is 0. The molecule has 0 saturated heterocycles. The van der Waals surface area contributed by atoms with Crippen LogP contribution in [0.4, 0.5) is 4.39 Å². The molecule has 0 heterocycles. The first-order valence-corrected chi connectivity index (χ1v) is 1.91. The highest BCUT2D eigenvalue weighted by Crippen LogP contribution is 1.90. The zero-order valence-electron chi connectivity index (χ0n) is 3.66. The van der Waals surface area contributed by atoms with Gasteiger partial charge < -0.3 is 0 Å². The van der Waals surface area contributed by atoms with Crippen molar-refractivity contribution in [2.75, 3.05) is 0 Å². The van der Waals surface area contributed by atoms with Gasteiger partial charge in [-0.3, -0.25) is 0 Å². The van der Waals surface area contributed by atoms with Crippen molar-refractivity contribution in [2.45, 2.75) is 26.4 Å². The Labute approximate surface area is 32.0 Å². The quantitative estimate of drug-likeness (QED) is 0.446. The molecule has 0 aromatic rings. The van der Waals surface area contributed by atoms with E-state index in [4.69, 9.17) is 0 Å². The summed E-state index contributed by atoms with van der Waals surface area (Å²) < 4.78 is 11.4. The van der Waals surface area contributed by atoms with Crippen molar-refractivity contribution >= 4 is 0 Å². The normalized spacial score (nSPS) is 15.0. The Hall–Kier alpha value is -0.0700. The lowest BCUT2D eigenvalue weighted by Crippen LogP contribution is -1.83. The van der Waals surface area contributed by atoms with E-state index >= 15 is 0 Å². The van der Waals surface area contributed by atoms with Gasteiger partial charge in [-0.15, -0.1) is 0 Å². The first kappa shape index (κ1) is 4.93. The fourth-order valence-electron chi connectivity index (χ4n) is 0. The highest BCUT2D eigenvalue weighted by molar-refractivity contribution is 4.35. The van der Waals surface area contributed by atoms with E-state index in [2.05, 4.69) is 0 Å². The number of halogens is 1. The number of alkyl halides is 1. The standard InChI is InChI=1S/C4H9F/c1-3-4(2)5/h4H,3H2,1-2H3. The zero-order valence-corrected chi connectivity index (χ0v) is 3.66. The van der Waals surface area contributed by atoms with E-state index in [1.54, 1.807) is 6.92 Å². The van der Waals surface area contributed by atoms with Gasteiger partial charge >= 0.3 is 0 Å². The second-order valence-electron chi connectivity index (χ2n) is 1.19. The van der Waals surface area contributed by atoms with E-state index in [0.29, 0.717) is 6.42 Å². The van der Waals surface area contributed by atoms with Gasteiger partial charge in [0.1, 0.15) is 0 Å². The Morgan fingerprint density at radius 2 is 2.00 bits per heavy atom. The fourth-order valence-corrected chi connectivity index (χ4v) is 0. The molecule has 1 heteroatoms. The lowest BCUT2D eigenvalue weighted by molar-refractivity contribution is 0.352. The Morgan fingerprint density at radius 3 is 2.00 bits per heavy atom. The summed E-state index contributed by atoms with van der Waals surface area (Å²) in [7, 11) is 0. The molecule has 1 atom stereocenters. The maximum Gasteiger partial charge on any atom is 0.0971 e. The van der Waals surface area contributed by atoms with E-state index in [9.17, 15) is 4.39 Å². The van der Waals surface area contributed by atoms with Crippen molar-refractivity contribution < 1.29 is 4.39 Å². The molecule has 0 bridgehead atoms. The lowest BCUT2D eigenvalue weighted by Gasteiger charge is -1.86. The minimum absolute atomic E-state index is 0.616. The van der Waals surface area contributed by atoms with Gasteiger partial charge in [-0.1, -0.05) is 6.92 Å². The highest BCUT2D eigenvalue weighted by atomic mass is 19.1. The van der Waals surface area contributed by atoms with E-state index in [1.165, 1.54) is 0 Å². The molecule has 0 aliphatic carbocycles. The maximum atomic E-state index is 11.4. The largest absolute Gasteiger partial charge is 0.248 e. The SMILES string of the molecule is CCC(C)F. The molecular formula is C4H9F. The second kappa shape index (κ2) is 2.18. The Balaban J connectivity index is 2.54. The van der Waals surface area contributed by atoms with Crippen molar-refractivity contribution in [1.29, 1.82) is 0 Å². The molecular weight excluding hydrogens is 67.0 g/mol. The predicted molar refractivity (Wildman–Crippen MR) is 20.9 cm³/mol. The third-order valence-corrected chi connectivity index (χ3v) is 0.563. The van der Waals surface area contributed by atoms with Gasteiger partial charge in [0.15, 0.2) is 0 Å². The van der Waals surface area contributed by atoms with Crippen molar-refractivity contribution in [3.8, 4) is 0 Å². The third-order valence-electron chi connectivity index (χ3n) is 0.563. The maximum absolute atomic E-state index is 11.4. The van der Waals surface area contributed by atoms with E-state index in [-0.39, 0.29) is 0 Å². The molecule has 32 valence electrons. The zero-order chi connectivity index (χ0) is 4.28. The Bertz CT molecular complexity index is 17.6. The van der Waals surface area contributed by atoms with Crippen molar-refractivity contribution in [2.24, 2.45) is 0 Å². The van der Waals surface area contributed by atoms with Gasteiger partial charge in [0, 0.05) is 0 Å². The fraction of sp³-hybridized carbons (Fsp3) is 1.00. The summed E-state index contributed by atoms with van der Waals surface area (Å²) in [6, 6.07) is 0. The predicted octanol–water partition coefficient (Wildman–Crippen LogP) is 1.75. The molecule has 0 aliphatic rings. The lowest BCUT2D eigenvalue weighted by atomic mass is 10.4. The second-order valence-corrected chi connectivity index (χ2v) is 1.19. The molecule has 0 radical (unpaired) electrons. The minimum Gasteiger partial charge on any atom is -0.248 e. The van der Waals surface area contributed by atoms with Crippen LogP contribution in [0.25, 0.3) is 0 Å². The first-order valence-electron chi connectivity index (χ1n) is 1.91. The van der Waals surface area contributed by atoms with Crippen LogP contribution >= 0.6 is 0 Å². The molecule has 0 fully saturated rings. The van der Waals surface area contributed by atoms with Crippen LogP contribution in [0.5, 0.6) is 0 Å². The van der Waals surface area contributed by atoms with Gasteiger partial charge in [-0.2, -0.15) is 0 Å². The van der Waals surface area contributed by atoms with Crippen LogP contribution in [0.2, 0.25) is 0 Å². The molecule has 0 saturated carbocycles. The molecule has 0 N–H and O–H groups in total. The Kier molecular flexibility index (Phi) is 2.15. The van der Waals surface area contributed by atoms with Crippen LogP contribution in [0, 0.1) is 0 Å². The first-order chi connectivity index (χ1) is 2.27. The summed E-state index contributed by atoms with van der Waals surface area (Å²) in [5, 5.41) is 0. The average Bonchev–Trinajstić information content (AvgIpc) is 1.38. The van der Waals surface area contributed by atoms with Crippen LogP contribution in [-0.4, -0.2) is 6.17 Å². The van der Waals surface area contributed by atoms with Crippen LogP contribution in [0.1, 0.15) is 20.3 Å². The van der Waals surface area contributed by atoms with Crippen LogP contribution in [0.15, 0.2) is 0 Å². The molecule has 5 heavy (non-hydrogen) atoms. The number of hydrogen-bond donors (Lipinski definition) is 0. The molecule has 1 unspecified atom stereocenters. The third kappa shape index (κ3) is 3.93. The molecule has 0 spiro atoms. The summed E-state index contributed by atoms with van der Waals surface area (Å²) in [5.41, 5.74) is 0. The average molecular weight is 76.1 g/mol. The van der Waals surface area contributed by atoms with Gasteiger partial charge in [-0.05, 0) is 13.3 Å². The molecule has 0 rings (SSSR count). The van der Waals surface area contributed by atoms with Gasteiger partial charge in [-0.25, -0.2) is 4.39 Å².